The van der Waals surface area contributed by atoms with E-state index in [9.17, 15) is 9.59 Å². The monoisotopic (exact) mass is 450 g/mol. The summed E-state index contributed by atoms with van der Waals surface area (Å²) in [5, 5.41) is 7.52. The smallest absolute Gasteiger partial charge is 0.267 e. The van der Waals surface area contributed by atoms with Gasteiger partial charge in [0.05, 0.1) is 22.5 Å². The third-order valence-electron chi connectivity index (χ3n) is 4.75. The standard InChI is InChI=1S/C22H18N4O5S/c1-2-29-14-4-5-16-19(10-14)32-22(23-16)24-20(27)11-26-21(28)8-6-15(25-26)13-3-7-17-18(9-13)31-12-30-17/h3-10H,2,11-12H2,1H3,(H,23,24,27). The van der Waals surface area contributed by atoms with Crippen molar-refractivity contribution in [3.05, 3.63) is 58.9 Å². The summed E-state index contributed by atoms with van der Waals surface area (Å²) in [6, 6.07) is 13.9. The Balaban J connectivity index is 1.33. The van der Waals surface area contributed by atoms with Gasteiger partial charge >= 0.3 is 0 Å². The second-order valence-corrected chi connectivity index (χ2v) is 7.94. The maximum Gasteiger partial charge on any atom is 0.267 e. The average Bonchev–Trinajstić information content (AvgIpc) is 3.40. The highest BCUT2D eigenvalue weighted by molar-refractivity contribution is 7.22. The molecule has 0 saturated carbocycles. The van der Waals surface area contributed by atoms with E-state index in [1.54, 1.807) is 18.2 Å². The Morgan fingerprint density at radius 2 is 2.03 bits per heavy atom. The van der Waals surface area contributed by atoms with E-state index in [1.165, 1.54) is 17.4 Å². The number of carbonyl (C=O) groups is 1. The van der Waals surface area contributed by atoms with E-state index in [1.807, 2.05) is 31.2 Å². The number of anilines is 1. The molecule has 0 spiro atoms. The molecule has 5 rings (SSSR count). The molecule has 1 N–H and O–H groups in total. The lowest BCUT2D eigenvalue weighted by molar-refractivity contribution is -0.117. The zero-order valence-electron chi connectivity index (χ0n) is 17.0. The fourth-order valence-electron chi connectivity index (χ4n) is 3.28. The zero-order chi connectivity index (χ0) is 22.1. The van der Waals surface area contributed by atoms with Gasteiger partial charge in [-0.1, -0.05) is 11.3 Å². The van der Waals surface area contributed by atoms with Gasteiger partial charge in [-0.3, -0.25) is 9.59 Å². The van der Waals surface area contributed by atoms with E-state index in [2.05, 4.69) is 15.4 Å². The third kappa shape index (κ3) is 4.00. The number of fused-ring (bicyclic) bond motifs is 2. The first kappa shape index (κ1) is 20.0. The second kappa shape index (κ2) is 8.31. The molecule has 0 radical (unpaired) electrons. The molecule has 9 nitrogen and oxygen atoms in total. The number of aromatic nitrogens is 3. The fourth-order valence-corrected chi connectivity index (χ4v) is 4.19. The quantitative estimate of drug-likeness (QED) is 0.481. The van der Waals surface area contributed by atoms with Crippen molar-refractivity contribution >= 4 is 32.6 Å². The Morgan fingerprint density at radius 3 is 2.91 bits per heavy atom. The van der Waals surface area contributed by atoms with Crippen LogP contribution in [0.4, 0.5) is 5.13 Å². The van der Waals surface area contributed by atoms with E-state index in [-0.39, 0.29) is 18.9 Å². The van der Waals surface area contributed by atoms with Gasteiger partial charge in [0.2, 0.25) is 12.7 Å². The van der Waals surface area contributed by atoms with E-state index in [0.29, 0.717) is 28.9 Å². The number of benzene rings is 2. The van der Waals surface area contributed by atoms with Gasteiger partial charge in [0.15, 0.2) is 16.6 Å². The van der Waals surface area contributed by atoms with Gasteiger partial charge in [-0.05, 0) is 49.4 Å². The molecule has 2 aromatic heterocycles. The van der Waals surface area contributed by atoms with E-state index >= 15 is 0 Å². The first-order valence-corrected chi connectivity index (χ1v) is 10.7. The molecule has 10 heteroatoms. The first-order valence-electron chi connectivity index (χ1n) is 9.90. The number of rotatable bonds is 6. The zero-order valence-corrected chi connectivity index (χ0v) is 17.8. The van der Waals surface area contributed by atoms with Gasteiger partial charge in [0.1, 0.15) is 12.3 Å². The van der Waals surface area contributed by atoms with Crippen molar-refractivity contribution in [1.82, 2.24) is 14.8 Å². The van der Waals surface area contributed by atoms with Gasteiger partial charge in [0, 0.05) is 11.6 Å². The van der Waals surface area contributed by atoms with Crippen LogP contribution in [0.5, 0.6) is 17.2 Å². The molecular formula is C22H18N4O5S. The molecule has 1 aliphatic heterocycles. The summed E-state index contributed by atoms with van der Waals surface area (Å²) < 4.78 is 18.2. The molecule has 162 valence electrons. The van der Waals surface area contributed by atoms with Crippen LogP contribution in [0.2, 0.25) is 0 Å². The maximum atomic E-state index is 12.6. The van der Waals surface area contributed by atoms with E-state index in [0.717, 1.165) is 26.2 Å². The highest BCUT2D eigenvalue weighted by Gasteiger charge is 2.16. The summed E-state index contributed by atoms with van der Waals surface area (Å²) >= 11 is 1.34. The molecular weight excluding hydrogens is 432 g/mol. The minimum absolute atomic E-state index is 0.171. The molecule has 2 aromatic carbocycles. The number of ether oxygens (including phenoxy) is 3. The summed E-state index contributed by atoms with van der Waals surface area (Å²) in [4.78, 5) is 29.3. The van der Waals surface area contributed by atoms with Gasteiger partial charge in [-0.15, -0.1) is 0 Å². The van der Waals surface area contributed by atoms with Gasteiger partial charge in [0.25, 0.3) is 5.56 Å². The minimum atomic E-state index is -0.397. The summed E-state index contributed by atoms with van der Waals surface area (Å²) in [6.07, 6.45) is 0. The molecule has 1 aliphatic rings. The largest absolute Gasteiger partial charge is 0.494 e. The number of thiazole rings is 1. The first-order chi connectivity index (χ1) is 15.6. The Morgan fingerprint density at radius 1 is 1.16 bits per heavy atom. The average molecular weight is 450 g/mol. The highest BCUT2D eigenvalue weighted by Crippen LogP contribution is 2.35. The topological polar surface area (TPSA) is 105 Å². The molecule has 0 aliphatic carbocycles. The van der Waals surface area contributed by atoms with Crippen LogP contribution in [-0.2, 0) is 11.3 Å². The van der Waals surface area contributed by atoms with Crippen LogP contribution in [0.1, 0.15) is 6.92 Å². The van der Waals surface area contributed by atoms with Crippen LogP contribution >= 0.6 is 11.3 Å². The van der Waals surface area contributed by atoms with Crippen LogP contribution in [0.15, 0.2) is 53.3 Å². The predicted octanol–water partition coefficient (Wildman–Crippen LogP) is 3.29. The maximum absolute atomic E-state index is 12.6. The van der Waals surface area contributed by atoms with Crippen LogP contribution < -0.4 is 25.1 Å². The lowest BCUT2D eigenvalue weighted by atomic mass is 10.1. The SMILES string of the molecule is CCOc1ccc2nc(NC(=O)Cn3nc(-c4ccc5c(c4)OCO5)ccc3=O)sc2c1. The van der Waals surface area contributed by atoms with Crippen molar-refractivity contribution in [1.29, 1.82) is 0 Å². The van der Waals surface area contributed by atoms with Crippen LogP contribution in [0.25, 0.3) is 21.5 Å². The van der Waals surface area contributed by atoms with Gasteiger partial charge in [-0.2, -0.15) is 5.10 Å². The second-order valence-electron chi connectivity index (χ2n) is 6.91. The van der Waals surface area contributed by atoms with Crippen molar-refractivity contribution in [2.75, 3.05) is 18.7 Å². The van der Waals surface area contributed by atoms with Crippen molar-refractivity contribution in [3.8, 4) is 28.5 Å². The molecule has 1 amide bonds. The Hall–Kier alpha value is -3.92. The lowest BCUT2D eigenvalue weighted by Gasteiger charge is -2.07. The molecule has 4 aromatic rings. The highest BCUT2D eigenvalue weighted by atomic mass is 32.1. The lowest BCUT2D eigenvalue weighted by Crippen LogP contribution is -2.29. The Kier molecular flexibility index (Phi) is 5.20. The molecule has 32 heavy (non-hydrogen) atoms. The van der Waals surface area contributed by atoms with Crippen LogP contribution in [0, 0.1) is 0 Å². The summed E-state index contributed by atoms with van der Waals surface area (Å²) in [7, 11) is 0. The number of carbonyl (C=O) groups excluding carboxylic acids is 1. The number of hydrogen-bond donors (Lipinski definition) is 1. The van der Waals surface area contributed by atoms with Crippen LogP contribution in [0.3, 0.4) is 0 Å². The van der Waals surface area contributed by atoms with Crippen molar-refractivity contribution in [3.63, 3.8) is 0 Å². The van der Waals surface area contributed by atoms with E-state index in [4.69, 9.17) is 14.2 Å². The molecule has 0 fully saturated rings. The van der Waals surface area contributed by atoms with Gasteiger partial charge in [-0.25, -0.2) is 9.67 Å². The summed E-state index contributed by atoms with van der Waals surface area (Å²) in [5.74, 6) is 1.62. The fraction of sp³-hybridized carbons (Fsp3) is 0.182. The Labute approximate surface area is 186 Å². The number of hydrogen-bond acceptors (Lipinski definition) is 8. The molecule has 0 atom stereocenters. The third-order valence-corrected chi connectivity index (χ3v) is 5.68. The number of amides is 1. The normalized spacial score (nSPS) is 12.2. The molecule has 0 bridgehead atoms. The number of nitrogens with one attached hydrogen (secondary N) is 1. The number of nitrogens with zero attached hydrogens (tertiary/aromatic N) is 3. The Bertz CT molecular complexity index is 1380. The van der Waals surface area contributed by atoms with Gasteiger partial charge < -0.3 is 19.5 Å². The van der Waals surface area contributed by atoms with E-state index < -0.39 is 5.91 Å². The predicted molar refractivity (Wildman–Crippen MR) is 119 cm³/mol. The molecule has 3 heterocycles. The van der Waals surface area contributed by atoms with Crippen molar-refractivity contribution in [2.45, 2.75) is 13.5 Å². The summed E-state index contributed by atoms with van der Waals surface area (Å²) in [5.41, 5.74) is 1.67. The molecule has 0 unspecified atom stereocenters. The minimum Gasteiger partial charge on any atom is -0.494 e. The van der Waals surface area contributed by atoms with Crippen molar-refractivity contribution < 1.29 is 19.0 Å². The van der Waals surface area contributed by atoms with Crippen molar-refractivity contribution in [2.24, 2.45) is 0 Å². The molecule has 0 saturated heterocycles. The summed E-state index contributed by atoms with van der Waals surface area (Å²) in [6.45, 7) is 2.42. The van der Waals surface area contributed by atoms with Crippen LogP contribution in [-0.4, -0.2) is 34.1 Å².